The fraction of sp³-hybridized carbons (Fsp3) is 0.710. The summed E-state index contributed by atoms with van der Waals surface area (Å²) in [6.45, 7) is 14.1. The summed E-state index contributed by atoms with van der Waals surface area (Å²) < 4.78 is 0. The predicted octanol–water partition coefficient (Wildman–Crippen LogP) is 8.17. The fourth-order valence-electron chi connectivity index (χ4n) is 6.21. The lowest BCUT2D eigenvalue weighted by Crippen LogP contribution is -2.34. The first kappa shape index (κ1) is 26.3. The first-order valence-electron chi connectivity index (χ1n) is 14.2. The van der Waals surface area contributed by atoms with Crippen LogP contribution in [0.4, 0.5) is 0 Å². The largest absolute Gasteiger partial charge is 0.507 e. The molecular formula is C31H49N3O. The van der Waals surface area contributed by atoms with Crippen molar-refractivity contribution in [2.45, 2.75) is 123 Å². The first-order chi connectivity index (χ1) is 16.5. The molecule has 2 saturated carbocycles. The van der Waals surface area contributed by atoms with Gasteiger partial charge in [0.2, 0.25) is 0 Å². The number of H-pyrrole nitrogens is 1. The minimum Gasteiger partial charge on any atom is -0.507 e. The Labute approximate surface area is 213 Å². The number of benzene rings is 1. The Morgan fingerprint density at radius 1 is 0.886 bits per heavy atom. The Hall–Kier alpha value is -1.81. The molecule has 3 N–H and O–H groups in total. The van der Waals surface area contributed by atoms with Gasteiger partial charge in [-0.25, -0.2) is 4.98 Å². The van der Waals surface area contributed by atoms with Gasteiger partial charge in [0.25, 0.3) is 0 Å². The zero-order valence-corrected chi connectivity index (χ0v) is 23.1. The Morgan fingerprint density at radius 3 is 1.97 bits per heavy atom. The molecule has 1 aromatic carbocycles. The first-order valence-corrected chi connectivity index (χ1v) is 14.2. The van der Waals surface area contributed by atoms with Gasteiger partial charge in [-0.3, -0.25) is 0 Å². The highest BCUT2D eigenvalue weighted by Gasteiger charge is 2.30. The molecule has 35 heavy (non-hydrogen) atoms. The second-order valence-corrected chi connectivity index (χ2v) is 13.4. The third-order valence-corrected chi connectivity index (χ3v) is 8.40. The van der Waals surface area contributed by atoms with Crippen LogP contribution in [-0.4, -0.2) is 21.6 Å². The van der Waals surface area contributed by atoms with Crippen LogP contribution in [-0.2, 0) is 10.8 Å². The topological polar surface area (TPSA) is 60.9 Å². The lowest BCUT2D eigenvalue weighted by atomic mass is 9.78. The lowest BCUT2D eigenvalue weighted by Gasteiger charge is -2.32. The summed E-state index contributed by atoms with van der Waals surface area (Å²) in [5, 5.41) is 15.1. The van der Waals surface area contributed by atoms with E-state index < -0.39 is 0 Å². The van der Waals surface area contributed by atoms with E-state index in [1.54, 1.807) is 0 Å². The smallest absolute Gasteiger partial charge is 0.123 e. The van der Waals surface area contributed by atoms with Crippen LogP contribution in [0, 0.1) is 11.8 Å². The van der Waals surface area contributed by atoms with Crippen molar-refractivity contribution in [2.75, 3.05) is 6.54 Å². The number of phenols is 1. The standard InChI is InChI=1S/C31H49N3O/c1-30(2,3)24-17-23(18-25(28(24)35)31(4,5)6)26-20-33-29(34-26)27(22-15-11-8-12-16-22)32-19-21-13-9-7-10-14-21/h17-18,20-22,27,32,35H,7-16,19H2,1-6H3,(H,33,34). The molecule has 2 aliphatic rings. The van der Waals surface area contributed by atoms with Gasteiger partial charge in [-0.05, 0) is 67.0 Å². The second kappa shape index (κ2) is 10.7. The van der Waals surface area contributed by atoms with Crippen molar-refractivity contribution >= 4 is 0 Å². The summed E-state index contributed by atoms with van der Waals surface area (Å²) in [6, 6.07) is 4.62. The summed E-state index contributed by atoms with van der Waals surface area (Å²) >= 11 is 0. The Morgan fingerprint density at radius 2 is 1.43 bits per heavy atom. The molecule has 1 atom stereocenters. The van der Waals surface area contributed by atoms with E-state index in [-0.39, 0.29) is 10.8 Å². The van der Waals surface area contributed by atoms with Crippen molar-refractivity contribution in [3.05, 3.63) is 35.3 Å². The van der Waals surface area contributed by atoms with Crippen molar-refractivity contribution in [2.24, 2.45) is 11.8 Å². The number of hydrogen-bond acceptors (Lipinski definition) is 3. The number of imidazole rings is 1. The van der Waals surface area contributed by atoms with E-state index in [4.69, 9.17) is 4.98 Å². The molecule has 4 nitrogen and oxygen atoms in total. The van der Waals surface area contributed by atoms with Gasteiger partial charge in [0.15, 0.2) is 0 Å². The second-order valence-electron chi connectivity index (χ2n) is 13.4. The van der Waals surface area contributed by atoms with E-state index in [9.17, 15) is 5.11 Å². The third kappa shape index (κ3) is 6.31. The Balaban J connectivity index is 1.65. The maximum Gasteiger partial charge on any atom is 0.123 e. The number of rotatable bonds is 6. The summed E-state index contributed by atoms with van der Waals surface area (Å²) in [5.41, 5.74) is 3.87. The van der Waals surface area contributed by atoms with Crippen molar-refractivity contribution < 1.29 is 5.11 Å². The number of nitrogens with zero attached hydrogens (tertiary/aromatic N) is 1. The van der Waals surface area contributed by atoms with Gasteiger partial charge in [0.05, 0.1) is 17.9 Å². The normalized spacial score (nSPS) is 19.7. The van der Waals surface area contributed by atoms with Crippen LogP contribution < -0.4 is 5.32 Å². The average Bonchev–Trinajstić information content (AvgIpc) is 3.29. The van der Waals surface area contributed by atoms with Crippen LogP contribution in [0.1, 0.15) is 129 Å². The summed E-state index contributed by atoms with van der Waals surface area (Å²) in [7, 11) is 0. The molecule has 194 valence electrons. The van der Waals surface area contributed by atoms with Gasteiger partial charge in [0.1, 0.15) is 11.6 Å². The SMILES string of the molecule is CC(C)(C)c1cc(-c2cnc(C(NCC3CCCCC3)C3CCCCC3)[nH]2)cc(C(C)(C)C)c1O. The van der Waals surface area contributed by atoms with E-state index in [1.807, 2.05) is 6.20 Å². The maximum atomic E-state index is 11.2. The van der Waals surface area contributed by atoms with E-state index in [0.29, 0.717) is 17.7 Å². The van der Waals surface area contributed by atoms with Gasteiger partial charge in [-0.2, -0.15) is 0 Å². The highest BCUT2D eigenvalue weighted by molar-refractivity contribution is 5.66. The molecule has 0 saturated heterocycles. The van der Waals surface area contributed by atoms with Crippen molar-refractivity contribution in [1.29, 1.82) is 0 Å². The minimum atomic E-state index is -0.144. The summed E-state index contributed by atoms with van der Waals surface area (Å²) in [6.07, 6.45) is 15.6. The molecule has 0 amide bonds. The summed E-state index contributed by atoms with van der Waals surface area (Å²) in [5.74, 6) is 2.99. The molecule has 2 fully saturated rings. The van der Waals surface area contributed by atoms with Gasteiger partial charge in [-0.15, -0.1) is 0 Å². The molecule has 4 rings (SSSR count). The van der Waals surface area contributed by atoms with E-state index in [0.717, 1.165) is 40.7 Å². The van der Waals surface area contributed by atoms with Gasteiger partial charge >= 0.3 is 0 Å². The fourth-order valence-corrected chi connectivity index (χ4v) is 6.21. The molecule has 1 heterocycles. The molecule has 0 spiro atoms. The zero-order valence-electron chi connectivity index (χ0n) is 23.1. The van der Waals surface area contributed by atoms with Crippen molar-refractivity contribution in [3.63, 3.8) is 0 Å². The highest BCUT2D eigenvalue weighted by atomic mass is 16.3. The van der Waals surface area contributed by atoms with E-state index >= 15 is 0 Å². The van der Waals surface area contributed by atoms with Crippen LogP contribution in [0.25, 0.3) is 11.3 Å². The number of aromatic amines is 1. The number of phenolic OH excluding ortho intramolecular Hbond substituents is 1. The van der Waals surface area contributed by atoms with Gasteiger partial charge < -0.3 is 15.4 Å². The van der Waals surface area contributed by atoms with Crippen LogP contribution in [0.2, 0.25) is 0 Å². The molecule has 2 aromatic rings. The van der Waals surface area contributed by atoms with Crippen molar-refractivity contribution in [1.82, 2.24) is 15.3 Å². The molecule has 1 unspecified atom stereocenters. The monoisotopic (exact) mass is 479 g/mol. The highest BCUT2D eigenvalue weighted by Crippen LogP contribution is 2.42. The number of aromatic nitrogens is 2. The van der Waals surface area contributed by atoms with Crippen LogP contribution >= 0.6 is 0 Å². The third-order valence-electron chi connectivity index (χ3n) is 8.40. The molecule has 4 heteroatoms. The quantitative estimate of drug-likeness (QED) is 0.391. The average molecular weight is 480 g/mol. The molecule has 1 aromatic heterocycles. The lowest BCUT2D eigenvalue weighted by molar-refractivity contribution is 0.242. The Kier molecular flexibility index (Phi) is 8.00. The van der Waals surface area contributed by atoms with E-state index in [2.05, 4.69) is 64.0 Å². The molecule has 0 radical (unpaired) electrons. The zero-order chi connectivity index (χ0) is 25.2. The van der Waals surface area contributed by atoms with Crippen molar-refractivity contribution in [3.8, 4) is 17.0 Å². The van der Waals surface area contributed by atoms with Gasteiger partial charge in [-0.1, -0.05) is 80.1 Å². The van der Waals surface area contributed by atoms with Gasteiger partial charge in [0, 0.05) is 16.7 Å². The Bertz CT molecular complexity index is 931. The van der Waals surface area contributed by atoms with Crippen LogP contribution in [0.5, 0.6) is 5.75 Å². The van der Waals surface area contributed by atoms with Crippen LogP contribution in [0.3, 0.4) is 0 Å². The number of aromatic hydroxyl groups is 1. The maximum absolute atomic E-state index is 11.2. The molecule has 2 aliphatic carbocycles. The molecule has 0 aliphatic heterocycles. The number of hydrogen-bond donors (Lipinski definition) is 3. The molecular weight excluding hydrogens is 430 g/mol. The van der Waals surface area contributed by atoms with Crippen LogP contribution in [0.15, 0.2) is 18.3 Å². The number of nitrogens with one attached hydrogen (secondary N) is 2. The predicted molar refractivity (Wildman–Crippen MR) is 147 cm³/mol. The van der Waals surface area contributed by atoms with E-state index in [1.165, 1.54) is 64.2 Å². The minimum absolute atomic E-state index is 0.144. The summed E-state index contributed by atoms with van der Waals surface area (Å²) in [4.78, 5) is 8.69. The molecule has 0 bridgehead atoms.